The number of aryl methyl sites for hydroxylation is 1. The largest absolute Gasteiger partial charge is 0.497 e. The number of amides is 1. The van der Waals surface area contributed by atoms with Crippen LogP contribution < -0.4 is 21.2 Å². The second-order valence-electron chi connectivity index (χ2n) is 7.52. The third kappa shape index (κ3) is 4.85. The SMILES string of the molecule is COc1ccc(C(NC(=O)CCn2[nH]c(=O)c3ccccc3c2=O)c2ccc(F)cc2)cc1. The molecule has 1 amide bonds. The van der Waals surface area contributed by atoms with Crippen molar-refractivity contribution in [1.29, 1.82) is 0 Å². The molecule has 1 unspecified atom stereocenters. The molecule has 1 heterocycles. The number of nitrogens with zero attached hydrogens (tertiary/aromatic N) is 1. The first-order valence-electron chi connectivity index (χ1n) is 10.4. The van der Waals surface area contributed by atoms with Gasteiger partial charge in [-0.15, -0.1) is 0 Å². The van der Waals surface area contributed by atoms with Gasteiger partial charge in [0, 0.05) is 6.42 Å². The van der Waals surface area contributed by atoms with Crippen molar-refractivity contribution < 1.29 is 13.9 Å². The second kappa shape index (κ2) is 9.52. The minimum atomic E-state index is -0.531. The summed E-state index contributed by atoms with van der Waals surface area (Å²) in [6.45, 7) is 0.00346. The normalized spacial score (nSPS) is 11.8. The van der Waals surface area contributed by atoms with Gasteiger partial charge in [-0.25, -0.2) is 9.07 Å². The highest BCUT2D eigenvalue weighted by molar-refractivity contribution is 5.80. The average Bonchev–Trinajstić information content (AvgIpc) is 2.84. The smallest absolute Gasteiger partial charge is 0.273 e. The van der Waals surface area contributed by atoms with E-state index in [0.29, 0.717) is 22.1 Å². The number of rotatable bonds is 7. The van der Waals surface area contributed by atoms with Crippen molar-refractivity contribution in [3.63, 3.8) is 0 Å². The zero-order chi connectivity index (χ0) is 23.4. The number of hydrogen-bond donors (Lipinski definition) is 2. The summed E-state index contributed by atoms with van der Waals surface area (Å²) >= 11 is 0. The summed E-state index contributed by atoms with van der Waals surface area (Å²) in [6, 6.07) is 19.1. The van der Waals surface area contributed by atoms with Gasteiger partial charge in [0.1, 0.15) is 11.6 Å². The number of ether oxygens (including phenoxy) is 1. The Kier molecular flexibility index (Phi) is 6.35. The van der Waals surface area contributed by atoms with Crippen molar-refractivity contribution in [2.45, 2.75) is 19.0 Å². The number of methoxy groups -OCH3 is 1. The molecule has 3 aromatic carbocycles. The molecule has 1 aromatic heterocycles. The van der Waals surface area contributed by atoms with Gasteiger partial charge in [-0.2, -0.15) is 0 Å². The number of hydrogen-bond acceptors (Lipinski definition) is 4. The average molecular weight is 447 g/mol. The first-order valence-corrected chi connectivity index (χ1v) is 10.4. The Morgan fingerprint density at radius 2 is 1.58 bits per heavy atom. The Labute approximate surface area is 188 Å². The molecule has 0 aliphatic carbocycles. The van der Waals surface area contributed by atoms with Crippen molar-refractivity contribution >= 4 is 16.7 Å². The molecule has 0 aliphatic heterocycles. The van der Waals surface area contributed by atoms with E-state index >= 15 is 0 Å². The molecule has 4 rings (SSSR count). The summed E-state index contributed by atoms with van der Waals surface area (Å²) in [6.07, 6.45) is -0.0396. The summed E-state index contributed by atoms with van der Waals surface area (Å²) in [7, 11) is 1.56. The highest BCUT2D eigenvalue weighted by Gasteiger charge is 2.18. The Morgan fingerprint density at radius 3 is 2.21 bits per heavy atom. The van der Waals surface area contributed by atoms with Gasteiger partial charge >= 0.3 is 0 Å². The van der Waals surface area contributed by atoms with E-state index in [1.807, 2.05) is 12.1 Å². The van der Waals surface area contributed by atoms with Crippen molar-refractivity contribution in [2.24, 2.45) is 0 Å². The molecule has 1 atom stereocenters. The number of halogens is 1. The molecule has 8 heteroatoms. The first-order chi connectivity index (χ1) is 16.0. The van der Waals surface area contributed by atoms with Gasteiger partial charge in [0.2, 0.25) is 5.91 Å². The number of aromatic amines is 1. The zero-order valence-corrected chi connectivity index (χ0v) is 17.9. The van der Waals surface area contributed by atoms with E-state index in [4.69, 9.17) is 4.74 Å². The number of carbonyl (C=O) groups is 1. The molecule has 0 fully saturated rings. The second-order valence-corrected chi connectivity index (χ2v) is 7.52. The van der Waals surface area contributed by atoms with Crippen LogP contribution in [0.2, 0.25) is 0 Å². The van der Waals surface area contributed by atoms with Crippen molar-refractivity contribution in [2.75, 3.05) is 7.11 Å². The molecule has 0 bridgehead atoms. The summed E-state index contributed by atoms with van der Waals surface area (Å²) in [4.78, 5) is 37.7. The number of H-pyrrole nitrogens is 1. The highest BCUT2D eigenvalue weighted by atomic mass is 19.1. The summed E-state index contributed by atoms with van der Waals surface area (Å²) < 4.78 is 19.8. The molecule has 7 nitrogen and oxygen atoms in total. The number of carbonyl (C=O) groups excluding carboxylic acids is 1. The molecule has 0 aliphatic rings. The van der Waals surface area contributed by atoms with Crippen LogP contribution in [0.4, 0.5) is 4.39 Å². The lowest BCUT2D eigenvalue weighted by atomic mass is 9.98. The minimum absolute atomic E-state index is 0.00346. The van der Waals surface area contributed by atoms with Gasteiger partial charge < -0.3 is 10.1 Å². The standard InChI is InChI=1S/C25H22FN3O4/c1-33-19-12-8-17(9-13-19)23(16-6-10-18(26)11-7-16)27-22(30)14-15-29-25(32)21-5-3-2-4-20(21)24(31)28-29/h2-13,23H,14-15H2,1H3,(H,27,30)(H,28,31). The Morgan fingerprint density at radius 1 is 0.970 bits per heavy atom. The van der Waals surface area contributed by atoms with Gasteiger partial charge in [0.15, 0.2) is 0 Å². The summed E-state index contributed by atoms with van der Waals surface area (Å²) in [5.74, 6) is -0.0400. The molecule has 2 N–H and O–H groups in total. The summed E-state index contributed by atoms with van der Waals surface area (Å²) in [5, 5.41) is 6.06. The van der Waals surface area contributed by atoms with Crippen LogP contribution in [-0.2, 0) is 11.3 Å². The first kappa shape index (κ1) is 22.0. The van der Waals surface area contributed by atoms with E-state index in [2.05, 4.69) is 10.4 Å². The molecule has 168 valence electrons. The minimum Gasteiger partial charge on any atom is -0.497 e. The lowest BCUT2D eigenvalue weighted by Crippen LogP contribution is -2.34. The lowest BCUT2D eigenvalue weighted by molar-refractivity contribution is -0.121. The fraction of sp³-hybridized carbons (Fsp3) is 0.160. The van der Waals surface area contributed by atoms with Gasteiger partial charge in [-0.1, -0.05) is 36.4 Å². The molecule has 0 saturated carbocycles. The number of nitrogens with one attached hydrogen (secondary N) is 2. The topological polar surface area (TPSA) is 93.2 Å². The predicted octanol–water partition coefficient (Wildman–Crippen LogP) is 3.13. The van der Waals surface area contributed by atoms with Gasteiger partial charge in [-0.3, -0.25) is 19.5 Å². The van der Waals surface area contributed by atoms with Crippen LogP contribution in [0.25, 0.3) is 10.8 Å². The van der Waals surface area contributed by atoms with Gasteiger partial charge in [0.25, 0.3) is 11.1 Å². The molecular weight excluding hydrogens is 425 g/mol. The van der Waals surface area contributed by atoms with Crippen molar-refractivity contribution in [3.8, 4) is 5.75 Å². The van der Waals surface area contributed by atoms with E-state index in [-0.39, 0.29) is 30.2 Å². The number of benzene rings is 3. The van der Waals surface area contributed by atoms with E-state index in [0.717, 1.165) is 10.2 Å². The van der Waals surface area contributed by atoms with Gasteiger partial charge in [0.05, 0.1) is 30.5 Å². The third-order valence-corrected chi connectivity index (χ3v) is 5.40. The van der Waals surface area contributed by atoms with E-state index in [1.54, 1.807) is 55.6 Å². The fourth-order valence-electron chi connectivity index (χ4n) is 3.66. The summed E-state index contributed by atoms with van der Waals surface area (Å²) in [5.41, 5.74) is 0.717. The quantitative estimate of drug-likeness (QED) is 0.455. The van der Waals surface area contributed by atoms with Crippen LogP contribution in [0.5, 0.6) is 5.75 Å². The van der Waals surface area contributed by atoms with Crippen LogP contribution >= 0.6 is 0 Å². The van der Waals surface area contributed by atoms with Gasteiger partial charge in [-0.05, 0) is 47.5 Å². The Hall–Kier alpha value is -4.20. The number of fused-ring (bicyclic) bond motifs is 1. The van der Waals surface area contributed by atoms with E-state index in [1.165, 1.54) is 12.1 Å². The van der Waals surface area contributed by atoms with E-state index < -0.39 is 11.6 Å². The maximum Gasteiger partial charge on any atom is 0.273 e. The third-order valence-electron chi connectivity index (χ3n) is 5.40. The van der Waals surface area contributed by atoms with Crippen molar-refractivity contribution in [3.05, 3.63) is 110 Å². The van der Waals surface area contributed by atoms with E-state index in [9.17, 15) is 18.8 Å². The van der Waals surface area contributed by atoms with Crippen molar-refractivity contribution in [1.82, 2.24) is 15.1 Å². The maximum atomic E-state index is 13.4. The highest BCUT2D eigenvalue weighted by Crippen LogP contribution is 2.24. The Balaban J connectivity index is 1.55. The maximum absolute atomic E-state index is 13.4. The van der Waals surface area contributed by atoms with Crippen LogP contribution in [0, 0.1) is 5.82 Å². The molecular formula is C25H22FN3O4. The molecule has 0 saturated heterocycles. The molecule has 4 aromatic rings. The lowest BCUT2D eigenvalue weighted by Gasteiger charge is -2.20. The number of aromatic nitrogens is 2. The Bertz CT molecular complexity index is 1390. The monoisotopic (exact) mass is 447 g/mol. The van der Waals surface area contributed by atoms with Crippen LogP contribution in [0.15, 0.2) is 82.4 Å². The fourth-order valence-corrected chi connectivity index (χ4v) is 3.66. The van der Waals surface area contributed by atoms with Crippen LogP contribution in [-0.4, -0.2) is 22.8 Å². The van der Waals surface area contributed by atoms with Crippen LogP contribution in [0.3, 0.4) is 0 Å². The van der Waals surface area contributed by atoms with Crippen LogP contribution in [0.1, 0.15) is 23.6 Å². The molecule has 0 radical (unpaired) electrons. The molecule has 33 heavy (non-hydrogen) atoms. The molecule has 0 spiro atoms. The predicted molar refractivity (Wildman–Crippen MR) is 123 cm³/mol. The zero-order valence-electron chi connectivity index (χ0n) is 17.9.